The zero-order valence-electron chi connectivity index (χ0n) is 14.3. The minimum Gasteiger partial charge on any atom is -0.444 e. The van der Waals surface area contributed by atoms with Crippen molar-refractivity contribution in [2.45, 2.75) is 46.1 Å². The van der Waals surface area contributed by atoms with Gasteiger partial charge in [-0.15, -0.1) is 11.3 Å². The molecule has 2 rings (SSSR count). The van der Waals surface area contributed by atoms with Gasteiger partial charge in [0, 0.05) is 19.6 Å². The van der Waals surface area contributed by atoms with E-state index in [1.54, 1.807) is 4.90 Å². The molecule has 2 amide bonds. The van der Waals surface area contributed by atoms with Crippen LogP contribution in [0.15, 0.2) is 11.4 Å². The third-order valence-electron chi connectivity index (χ3n) is 3.79. The van der Waals surface area contributed by atoms with Crippen molar-refractivity contribution >= 4 is 23.3 Å². The van der Waals surface area contributed by atoms with Crippen LogP contribution in [0.4, 0.5) is 4.79 Å². The van der Waals surface area contributed by atoms with E-state index in [2.05, 4.69) is 5.32 Å². The lowest BCUT2D eigenvalue weighted by atomic mass is 9.98. The molecule has 1 fully saturated rings. The zero-order chi connectivity index (χ0) is 17.0. The smallest absolute Gasteiger partial charge is 0.410 e. The van der Waals surface area contributed by atoms with E-state index < -0.39 is 5.60 Å². The van der Waals surface area contributed by atoms with Gasteiger partial charge in [-0.3, -0.25) is 4.79 Å². The van der Waals surface area contributed by atoms with Crippen LogP contribution in [0.1, 0.15) is 48.8 Å². The van der Waals surface area contributed by atoms with Gasteiger partial charge in [0.1, 0.15) is 5.60 Å². The van der Waals surface area contributed by atoms with E-state index in [0.717, 1.165) is 29.8 Å². The normalized spacial score (nSPS) is 18.6. The molecular formula is C17H26N2O3S. The average Bonchev–Trinajstić information content (AvgIpc) is 2.89. The van der Waals surface area contributed by atoms with Crippen LogP contribution < -0.4 is 5.32 Å². The Kier molecular flexibility index (Phi) is 5.68. The fraction of sp³-hybridized carbons (Fsp3) is 0.647. The maximum atomic E-state index is 12.2. The second-order valence-electron chi connectivity index (χ2n) is 7.08. The summed E-state index contributed by atoms with van der Waals surface area (Å²) in [4.78, 5) is 26.8. The molecule has 1 N–H and O–H groups in total. The van der Waals surface area contributed by atoms with E-state index in [0.29, 0.717) is 13.1 Å². The Morgan fingerprint density at radius 2 is 2.17 bits per heavy atom. The maximum absolute atomic E-state index is 12.2. The molecule has 2 heterocycles. The average molecular weight is 338 g/mol. The Morgan fingerprint density at radius 3 is 2.78 bits per heavy atom. The van der Waals surface area contributed by atoms with Gasteiger partial charge in [-0.2, -0.15) is 0 Å². The first kappa shape index (κ1) is 17.8. The summed E-state index contributed by atoms with van der Waals surface area (Å²) in [6, 6.07) is 1.95. The van der Waals surface area contributed by atoms with Crippen molar-refractivity contribution in [2.75, 3.05) is 19.6 Å². The number of piperidine rings is 1. The van der Waals surface area contributed by atoms with Gasteiger partial charge in [-0.25, -0.2) is 4.79 Å². The van der Waals surface area contributed by atoms with Gasteiger partial charge in [0.25, 0.3) is 5.91 Å². The number of nitrogens with zero attached hydrogens (tertiary/aromatic N) is 1. The van der Waals surface area contributed by atoms with E-state index >= 15 is 0 Å². The third kappa shape index (κ3) is 5.23. The van der Waals surface area contributed by atoms with Gasteiger partial charge in [0.15, 0.2) is 0 Å². The molecule has 1 aliphatic heterocycles. The minimum absolute atomic E-state index is 0.0214. The number of likely N-dealkylation sites (tertiary alicyclic amines) is 1. The van der Waals surface area contributed by atoms with Crippen LogP contribution in [0.5, 0.6) is 0 Å². The topological polar surface area (TPSA) is 58.6 Å². The summed E-state index contributed by atoms with van der Waals surface area (Å²) in [7, 11) is 0. The predicted molar refractivity (Wildman–Crippen MR) is 91.9 cm³/mol. The van der Waals surface area contributed by atoms with Crippen LogP contribution in [0.2, 0.25) is 0 Å². The first-order chi connectivity index (χ1) is 10.8. The molecular weight excluding hydrogens is 312 g/mol. The SMILES string of the molecule is Cc1ccsc1C(=O)NC[C@@H]1CCCN(C(=O)OC(C)(C)C)C1. The monoisotopic (exact) mass is 338 g/mol. The van der Waals surface area contributed by atoms with Gasteiger partial charge in [0.05, 0.1) is 4.88 Å². The highest BCUT2D eigenvalue weighted by molar-refractivity contribution is 7.12. The molecule has 6 heteroatoms. The lowest BCUT2D eigenvalue weighted by Crippen LogP contribution is -2.45. The molecule has 1 saturated heterocycles. The number of aryl methyl sites for hydroxylation is 1. The van der Waals surface area contributed by atoms with Gasteiger partial charge in [-0.1, -0.05) is 0 Å². The summed E-state index contributed by atoms with van der Waals surface area (Å²) < 4.78 is 5.43. The Labute approximate surface area is 142 Å². The van der Waals surface area contributed by atoms with E-state index in [9.17, 15) is 9.59 Å². The molecule has 0 saturated carbocycles. The first-order valence-corrected chi connectivity index (χ1v) is 8.94. The molecule has 0 aromatic carbocycles. The summed E-state index contributed by atoms with van der Waals surface area (Å²) in [5, 5.41) is 4.92. The van der Waals surface area contributed by atoms with Gasteiger partial charge in [-0.05, 0) is 63.5 Å². The molecule has 5 nitrogen and oxygen atoms in total. The highest BCUT2D eigenvalue weighted by Crippen LogP contribution is 2.20. The summed E-state index contributed by atoms with van der Waals surface area (Å²) >= 11 is 1.46. The third-order valence-corrected chi connectivity index (χ3v) is 4.81. The number of amides is 2. The number of rotatable bonds is 3. The molecule has 0 unspecified atom stereocenters. The fourth-order valence-electron chi connectivity index (χ4n) is 2.65. The van der Waals surface area contributed by atoms with Crippen molar-refractivity contribution in [3.05, 3.63) is 21.9 Å². The lowest BCUT2D eigenvalue weighted by molar-refractivity contribution is 0.0167. The van der Waals surface area contributed by atoms with Crippen LogP contribution in [-0.2, 0) is 4.74 Å². The first-order valence-electron chi connectivity index (χ1n) is 8.06. The Hall–Kier alpha value is -1.56. The van der Waals surface area contributed by atoms with Gasteiger partial charge in [0.2, 0.25) is 0 Å². The largest absolute Gasteiger partial charge is 0.444 e. The van der Waals surface area contributed by atoms with E-state index in [4.69, 9.17) is 4.74 Å². The van der Waals surface area contributed by atoms with Gasteiger partial charge >= 0.3 is 6.09 Å². The second-order valence-corrected chi connectivity index (χ2v) is 7.99. The summed E-state index contributed by atoms with van der Waals surface area (Å²) in [5.74, 6) is 0.257. The summed E-state index contributed by atoms with van der Waals surface area (Å²) in [5.41, 5.74) is 0.529. The standard InChI is InChI=1S/C17H26N2O3S/c1-12-7-9-23-14(12)15(20)18-10-13-6-5-8-19(11-13)16(21)22-17(2,3)4/h7,9,13H,5-6,8,10-11H2,1-4H3,(H,18,20)/t13-/m0/s1. The molecule has 0 aliphatic carbocycles. The molecule has 128 valence electrons. The minimum atomic E-state index is -0.477. The molecule has 0 radical (unpaired) electrons. The number of hydrogen-bond donors (Lipinski definition) is 1. The van der Waals surface area contributed by atoms with Crippen molar-refractivity contribution < 1.29 is 14.3 Å². The summed E-state index contributed by atoms with van der Waals surface area (Å²) in [6.07, 6.45) is 1.70. The number of nitrogens with one attached hydrogen (secondary N) is 1. The van der Waals surface area contributed by atoms with Crippen LogP contribution in [0.3, 0.4) is 0 Å². The number of carbonyl (C=O) groups is 2. The molecule has 0 spiro atoms. The van der Waals surface area contributed by atoms with Crippen molar-refractivity contribution in [2.24, 2.45) is 5.92 Å². The molecule has 1 aromatic rings. The van der Waals surface area contributed by atoms with Crippen molar-refractivity contribution in [3.63, 3.8) is 0 Å². The van der Waals surface area contributed by atoms with Crippen LogP contribution in [0, 0.1) is 12.8 Å². The second kappa shape index (κ2) is 7.34. The van der Waals surface area contributed by atoms with E-state index in [1.807, 2.05) is 39.1 Å². The highest BCUT2D eigenvalue weighted by Gasteiger charge is 2.27. The predicted octanol–water partition coefficient (Wildman–Crippen LogP) is 3.43. The Balaban J connectivity index is 1.83. The van der Waals surface area contributed by atoms with Crippen LogP contribution >= 0.6 is 11.3 Å². The van der Waals surface area contributed by atoms with Crippen molar-refractivity contribution in [1.29, 1.82) is 0 Å². The number of carbonyl (C=O) groups excluding carboxylic acids is 2. The fourth-order valence-corrected chi connectivity index (χ4v) is 3.49. The number of ether oxygens (including phenoxy) is 1. The maximum Gasteiger partial charge on any atom is 0.410 e. The highest BCUT2D eigenvalue weighted by atomic mass is 32.1. The van der Waals surface area contributed by atoms with E-state index in [1.165, 1.54) is 11.3 Å². The molecule has 23 heavy (non-hydrogen) atoms. The lowest BCUT2D eigenvalue weighted by Gasteiger charge is -2.34. The van der Waals surface area contributed by atoms with Crippen LogP contribution in [-0.4, -0.2) is 42.1 Å². The zero-order valence-corrected chi connectivity index (χ0v) is 15.2. The van der Waals surface area contributed by atoms with Gasteiger partial charge < -0.3 is 15.0 Å². The van der Waals surface area contributed by atoms with Crippen molar-refractivity contribution in [3.8, 4) is 0 Å². The van der Waals surface area contributed by atoms with Crippen molar-refractivity contribution in [1.82, 2.24) is 10.2 Å². The number of hydrogen-bond acceptors (Lipinski definition) is 4. The molecule has 1 aliphatic rings. The Morgan fingerprint density at radius 1 is 1.43 bits per heavy atom. The molecule has 1 aromatic heterocycles. The van der Waals surface area contributed by atoms with Crippen LogP contribution in [0.25, 0.3) is 0 Å². The summed E-state index contributed by atoms with van der Waals surface area (Å²) in [6.45, 7) is 9.51. The van der Waals surface area contributed by atoms with E-state index in [-0.39, 0.29) is 17.9 Å². The molecule has 0 bridgehead atoms. The number of thiophene rings is 1. The molecule has 1 atom stereocenters. The quantitative estimate of drug-likeness (QED) is 0.918. The Bertz CT molecular complexity index is 562.